The highest BCUT2D eigenvalue weighted by Gasteiger charge is 2.26. The van der Waals surface area contributed by atoms with E-state index in [-0.39, 0.29) is 36.8 Å². The van der Waals surface area contributed by atoms with Crippen LogP contribution in [0.4, 0.5) is 0 Å². The molecule has 0 aliphatic carbocycles. The maximum atomic E-state index is 12.5. The SMILES string of the molecule is CC(N)C1CCN(C(=O)c2cnc3ccccc3n2)CC1.Cl.Cl. The molecule has 1 fully saturated rings. The number of nitrogens with zero attached hydrogens (tertiary/aromatic N) is 3. The number of carbonyl (C=O) groups is 1. The van der Waals surface area contributed by atoms with Crippen LogP contribution in [0.25, 0.3) is 11.0 Å². The number of aromatic nitrogens is 2. The summed E-state index contributed by atoms with van der Waals surface area (Å²) in [5, 5.41) is 0. The molecule has 2 N–H and O–H groups in total. The average Bonchev–Trinajstić information content (AvgIpc) is 2.54. The molecule has 126 valence electrons. The molecule has 1 saturated heterocycles. The fourth-order valence-corrected chi connectivity index (χ4v) is 2.85. The first-order valence-corrected chi connectivity index (χ1v) is 7.42. The monoisotopic (exact) mass is 356 g/mol. The van der Waals surface area contributed by atoms with Gasteiger partial charge in [0.25, 0.3) is 5.91 Å². The summed E-state index contributed by atoms with van der Waals surface area (Å²) in [5.74, 6) is 0.480. The molecule has 0 spiro atoms. The Morgan fingerprint density at radius 1 is 1.22 bits per heavy atom. The standard InChI is InChI=1S/C16H20N4O.2ClH/c1-11(17)12-6-8-20(9-7-12)16(21)15-10-18-13-4-2-3-5-14(13)19-15;;/h2-5,10-12H,6-9,17H2,1H3;2*1H. The molecule has 1 atom stereocenters. The smallest absolute Gasteiger partial charge is 0.274 e. The molecule has 7 heteroatoms. The third-order valence-electron chi connectivity index (χ3n) is 4.24. The molecular formula is C16H22Cl2N4O. The summed E-state index contributed by atoms with van der Waals surface area (Å²) in [6, 6.07) is 7.78. The van der Waals surface area contributed by atoms with Gasteiger partial charge < -0.3 is 10.6 Å². The number of benzene rings is 1. The Labute approximate surface area is 148 Å². The first kappa shape index (κ1) is 19.6. The lowest BCUT2D eigenvalue weighted by atomic mass is 9.91. The van der Waals surface area contributed by atoms with Crippen LogP contribution in [0.1, 0.15) is 30.3 Å². The summed E-state index contributed by atoms with van der Waals surface area (Å²) in [5.41, 5.74) is 7.93. The number of carbonyl (C=O) groups excluding carboxylic acids is 1. The highest BCUT2D eigenvalue weighted by atomic mass is 35.5. The van der Waals surface area contributed by atoms with Crippen molar-refractivity contribution in [1.29, 1.82) is 0 Å². The van der Waals surface area contributed by atoms with Crippen molar-refractivity contribution in [3.63, 3.8) is 0 Å². The Balaban J connectivity index is 0.00000132. The zero-order valence-corrected chi connectivity index (χ0v) is 14.6. The van der Waals surface area contributed by atoms with Crippen LogP contribution in [0, 0.1) is 5.92 Å². The Bertz CT molecular complexity index is 657. The van der Waals surface area contributed by atoms with Gasteiger partial charge in [0.05, 0.1) is 17.2 Å². The topological polar surface area (TPSA) is 72.1 Å². The predicted octanol–water partition coefficient (Wildman–Crippen LogP) is 2.67. The van der Waals surface area contributed by atoms with E-state index < -0.39 is 0 Å². The highest BCUT2D eigenvalue weighted by Crippen LogP contribution is 2.21. The van der Waals surface area contributed by atoms with Crippen molar-refractivity contribution < 1.29 is 4.79 Å². The minimum atomic E-state index is -0.0311. The van der Waals surface area contributed by atoms with E-state index in [0.717, 1.165) is 37.0 Å². The van der Waals surface area contributed by atoms with Crippen LogP contribution < -0.4 is 5.73 Å². The van der Waals surface area contributed by atoms with Crippen LogP contribution in [0.3, 0.4) is 0 Å². The van der Waals surface area contributed by atoms with Gasteiger partial charge in [-0.05, 0) is 37.8 Å². The Morgan fingerprint density at radius 2 is 1.83 bits per heavy atom. The van der Waals surface area contributed by atoms with Gasteiger partial charge in [-0.2, -0.15) is 0 Å². The molecule has 1 aliphatic rings. The van der Waals surface area contributed by atoms with Gasteiger partial charge in [0.2, 0.25) is 0 Å². The maximum absolute atomic E-state index is 12.5. The van der Waals surface area contributed by atoms with E-state index in [1.54, 1.807) is 6.20 Å². The second-order valence-corrected chi connectivity index (χ2v) is 5.73. The van der Waals surface area contributed by atoms with Crippen LogP contribution >= 0.6 is 24.8 Å². The highest BCUT2D eigenvalue weighted by molar-refractivity contribution is 5.93. The zero-order chi connectivity index (χ0) is 14.8. The van der Waals surface area contributed by atoms with Crippen molar-refractivity contribution in [2.75, 3.05) is 13.1 Å². The number of amides is 1. The molecule has 5 nitrogen and oxygen atoms in total. The van der Waals surface area contributed by atoms with Crippen molar-refractivity contribution in [3.05, 3.63) is 36.2 Å². The predicted molar refractivity (Wildman–Crippen MR) is 96.3 cm³/mol. The van der Waals surface area contributed by atoms with E-state index in [4.69, 9.17) is 5.73 Å². The third-order valence-corrected chi connectivity index (χ3v) is 4.24. The molecule has 0 bridgehead atoms. The molecule has 2 aromatic rings. The first-order chi connectivity index (χ1) is 10.1. The van der Waals surface area contributed by atoms with E-state index in [9.17, 15) is 4.79 Å². The lowest BCUT2D eigenvalue weighted by Gasteiger charge is -2.33. The second-order valence-electron chi connectivity index (χ2n) is 5.73. The van der Waals surface area contributed by atoms with Gasteiger partial charge in [-0.1, -0.05) is 12.1 Å². The minimum Gasteiger partial charge on any atom is -0.337 e. The molecule has 1 aliphatic heterocycles. The first-order valence-electron chi connectivity index (χ1n) is 7.42. The van der Waals surface area contributed by atoms with Crippen molar-refractivity contribution in [3.8, 4) is 0 Å². The fraction of sp³-hybridized carbons (Fsp3) is 0.438. The number of rotatable bonds is 2. The molecule has 3 rings (SSSR count). The van der Waals surface area contributed by atoms with Crippen LogP contribution in [0.2, 0.25) is 0 Å². The van der Waals surface area contributed by atoms with Crippen LogP contribution in [0.5, 0.6) is 0 Å². The van der Waals surface area contributed by atoms with Crippen molar-refractivity contribution in [2.24, 2.45) is 11.7 Å². The third kappa shape index (κ3) is 4.31. The number of halogens is 2. The summed E-state index contributed by atoms with van der Waals surface area (Å²) in [7, 11) is 0. The normalized spacial score (nSPS) is 16.3. The van der Waals surface area contributed by atoms with E-state index >= 15 is 0 Å². The Hall–Kier alpha value is -1.43. The molecule has 0 radical (unpaired) electrons. The number of likely N-dealkylation sites (tertiary alicyclic amines) is 1. The van der Waals surface area contributed by atoms with Gasteiger partial charge in [-0.3, -0.25) is 9.78 Å². The second kappa shape index (κ2) is 8.43. The zero-order valence-electron chi connectivity index (χ0n) is 13.0. The van der Waals surface area contributed by atoms with Gasteiger partial charge >= 0.3 is 0 Å². The molecule has 0 saturated carbocycles. The molecule has 1 amide bonds. The lowest BCUT2D eigenvalue weighted by Crippen LogP contribution is -2.42. The molecule has 1 aromatic carbocycles. The van der Waals surface area contributed by atoms with Crippen molar-refractivity contribution in [1.82, 2.24) is 14.9 Å². The van der Waals surface area contributed by atoms with Gasteiger partial charge in [0.1, 0.15) is 5.69 Å². The van der Waals surface area contributed by atoms with Crippen LogP contribution in [-0.2, 0) is 0 Å². The summed E-state index contributed by atoms with van der Waals surface area (Å²) in [6.07, 6.45) is 3.50. The number of piperidine rings is 1. The number of nitrogens with two attached hydrogens (primary N) is 1. The number of fused-ring (bicyclic) bond motifs is 1. The quantitative estimate of drug-likeness (QED) is 0.897. The van der Waals surface area contributed by atoms with Crippen LogP contribution in [0.15, 0.2) is 30.5 Å². The van der Waals surface area contributed by atoms with Gasteiger partial charge in [-0.15, -0.1) is 24.8 Å². The van der Waals surface area contributed by atoms with Gasteiger partial charge in [0.15, 0.2) is 0 Å². The van der Waals surface area contributed by atoms with Gasteiger partial charge in [0, 0.05) is 19.1 Å². The molecule has 1 aromatic heterocycles. The summed E-state index contributed by atoms with van der Waals surface area (Å²) in [6.45, 7) is 3.54. The van der Waals surface area contributed by atoms with Crippen molar-refractivity contribution >= 4 is 41.8 Å². The molecule has 2 heterocycles. The van der Waals surface area contributed by atoms with Gasteiger partial charge in [-0.25, -0.2) is 4.98 Å². The number of hydrogen-bond acceptors (Lipinski definition) is 4. The largest absolute Gasteiger partial charge is 0.337 e. The average molecular weight is 357 g/mol. The number of para-hydroxylation sites is 2. The summed E-state index contributed by atoms with van der Waals surface area (Å²) < 4.78 is 0. The van der Waals surface area contributed by atoms with E-state index in [1.807, 2.05) is 36.1 Å². The fourth-order valence-electron chi connectivity index (χ4n) is 2.85. The van der Waals surface area contributed by atoms with Crippen LogP contribution in [-0.4, -0.2) is 39.9 Å². The Morgan fingerprint density at radius 3 is 2.43 bits per heavy atom. The van der Waals surface area contributed by atoms with E-state index in [2.05, 4.69) is 9.97 Å². The lowest BCUT2D eigenvalue weighted by molar-refractivity contribution is 0.0675. The minimum absolute atomic E-state index is 0. The summed E-state index contributed by atoms with van der Waals surface area (Å²) >= 11 is 0. The molecular weight excluding hydrogens is 335 g/mol. The van der Waals surface area contributed by atoms with E-state index in [1.165, 1.54) is 0 Å². The summed E-state index contributed by atoms with van der Waals surface area (Å²) in [4.78, 5) is 23.1. The molecule has 23 heavy (non-hydrogen) atoms. The van der Waals surface area contributed by atoms with E-state index in [0.29, 0.717) is 11.6 Å². The number of hydrogen-bond donors (Lipinski definition) is 1. The molecule has 1 unspecified atom stereocenters. The Kier molecular flexibility index (Phi) is 7.19. The van der Waals surface area contributed by atoms with Crippen molar-refractivity contribution in [2.45, 2.75) is 25.8 Å². The maximum Gasteiger partial charge on any atom is 0.274 e.